The summed E-state index contributed by atoms with van der Waals surface area (Å²) in [6, 6.07) is 12.4. The van der Waals surface area contributed by atoms with Gasteiger partial charge < -0.3 is 9.47 Å². The second-order valence-corrected chi connectivity index (χ2v) is 9.53. The van der Waals surface area contributed by atoms with Crippen molar-refractivity contribution in [1.82, 2.24) is 4.98 Å². The predicted molar refractivity (Wildman–Crippen MR) is 135 cm³/mol. The first-order valence-corrected chi connectivity index (χ1v) is 13.1. The highest BCUT2D eigenvalue weighted by Gasteiger charge is 2.27. The van der Waals surface area contributed by atoms with E-state index in [0.717, 1.165) is 55.5 Å². The van der Waals surface area contributed by atoms with Crippen molar-refractivity contribution in [1.29, 1.82) is 0 Å². The molecule has 1 aromatic carbocycles. The first-order chi connectivity index (χ1) is 16.6. The van der Waals surface area contributed by atoms with Gasteiger partial charge in [-0.1, -0.05) is 45.6 Å². The number of esters is 1. The third-order valence-electron chi connectivity index (χ3n) is 6.67. The minimum absolute atomic E-state index is 0.159. The van der Waals surface area contributed by atoms with E-state index in [-0.39, 0.29) is 12.5 Å². The molecule has 0 N–H and O–H groups in total. The number of benzene rings is 1. The van der Waals surface area contributed by atoms with Crippen LogP contribution in [0.15, 0.2) is 42.6 Å². The number of carbonyl (C=O) groups excluding carboxylic acids is 1. The van der Waals surface area contributed by atoms with Gasteiger partial charge in [-0.15, -0.1) is 0 Å². The molecule has 0 aliphatic heterocycles. The zero-order valence-corrected chi connectivity index (χ0v) is 20.8. The Balaban J connectivity index is 1.38. The van der Waals surface area contributed by atoms with Crippen molar-refractivity contribution < 1.29 is 18.7 Å². The summed E-state index contributed by atoms with van der Waals surface area (Å²) in [6.45, 7) is 4.85. The highest BCUT2D eigenvalue weighted by molar-refractivity contribution is 5.74. The molecule has 34 heavy (non-hydrogen) atoms. The quantitative estimate of drug-likeness (QED) is 0.225. The van der Waals surface area contributed by atoms with Crippen LogP contribution >= 0.6 is 0 Å². The van der Waals surface area contributed by atoms with Crippen LogP contribution in [-0.4, -0.2) is 29.8 Å². The Morgan fingerprint density at radius 1 is 1.00 bits per heavy atom. The third-order valence-corrected chi connectivity index (χ3v) is 6.67. The Kier molecular flexibility index (Phi) is 10.8. The van der Waals surface area contributed by atoms with Crippen LogP contribution in [-0.2, 0) is 16.0 Å². The molecule has 1 aliphatic carbocycles. The Morgan fingerprint density at radius 3 is 2.38 bits per heavy atom. The molecular formula is C29H40FNO3. The number of alkyl halides is 1. The minimum atomic E-state index is -1.48. The van der Waals surface area contributed by atoms with E-state index in [9.17, 15) is 9.18 Å². The molecule has 0 amide bonds. The average Bonchev–Trinajstić information content (AvgIpc) is 2.87. The van der Waals surface area contributed by atoms with Crippen LogP contribution < -0.4 is 4.74 Å². The normalized spacial score (nSPS) is 18.9. The molecule has 0 radical (unpaired) electrons. The monoisotopic (exact) mass is 469 g/mol. The molecule has 1 saturated carbocycles. The van der Waals surface area contributed by atoms with Crippen LogP contribution in [0.25, 0.3) is 11.3 Å². The first kappa shape index (κ1) is 26.2. The average molecular weight is 470 g/mol. The van der Waals surface area contributed by atoms with Gasteiger partial charge in [0.25, 0.3) is 0 Å². The summed E-state index contributed by atoms with van der Waals surface area (Å²) in [5, 5.41) is 0. The van der Waals surface area contributed by atoms with Crippen LogP contribution in [0.2, 0.25) is 0 Å². The Labute approximate surface area is 204 Å². The van der Waals surface area contributed by atoms with Crippen LogP contribution in [0, 0.1) is 5.92 Å². The fraction of sp³-hybridized carbons (Fsp3) is 0.586. The summed E-state index contributed by atoms with van der Waals surface area (Å²) in [5.41, 5.74) is 3.35. The van der Waals surface area contributed by atoms with E-state index in [4.69, 9.17) is 9.47 Å². The molecule has 3 rings (SSSR count). The second kappa shape index (κ2) is 14.1. The van der Waals surface area contributed by atoms with E-state index in [2.05, 4.69) is 36.2 Å². The summed E-state index contributed by atoms with van der Waals surface area (Å²) in [6.07, 6.45) is 10.4. The number of aromatic nitrogens is 1. The van der Waals surface area contributed by atoms with Crippen molar-refractivity contribution in [2.75, 3.05) is 6.61 Å². The Bertz CT molecular complexity index is 845. The number of halogens is 1. The molecule has 4 nitrogen and oxygen atoms in total. The molecule has 1 aliphatic rings. The number of ether oxygens (including phenoxy) is 2. The fourth-order valence-corrected chi connectivity index (χ4v) is 4.41. The largest absolute Gasteiger partial charge is 0.493 e. The highest BCUT2D eigenvalue weighted by atomic mass is 19.1. The number of aryl methyl sites for hydroxylation is 1. The fourth-order valence-electron chi connectivity index (χ4n) is 4.41. The lowest BCUT2D eigenvalue weighted by Gasteiger charge is -2.28. The van der Waals surface area contributed by atoms with Gasteiger partial charge in [-0.25, -0.2) is 9.18 Å². The maximum absolute atomic E-state index is 13.8. The maximum Gasteiger partial charge on any atom is 0.340 e. The van der Waals surface area contributed by atoms with Crippen LogP contribution in [0.5, 0.6) is 5.75 Å². The van der Waals surface area contributed by atoms with E-state index < -0.39 is 12.1 Å². The molecular weight excluding hydrogens is 429 g/mol. The summed E-state index contributed by atoms with van der Waals surface area (Å²) in [5.74, 6) is 0.594. The molecule has 5 heteroatoms. The van der Waals surface area contributed by atoms with Gasteiger partial charge in [0.15, 0.2) is 6.17 Å². The predicted octanol–water partition coefficient (Wildman–Crippen LogP) is 7.49. The van der Waals surface area contributed by atoms with Crippen molar-refractivity contribution >= 4 is 5.97 Å². The standard InChI is InChI=1S/C29H40FNO3/c1-3-5-7-8-22-12-19-28(31-20-22)24-13-17-25(18-14-24)33-21-23-10-15-26(16-11-23)34-29(32)27(30)9-6-4-2/h12-14,17-20,23,26-27H,3-11,15-16,21H2,1-2H3/t23-,26-,27-/m0/s1. The number of unbranched alkanes of at least 4 members (excludes halogenated alkanes) is 3. The molecule has 1 aromatic heterocycles. The van der Waals surface area contributed by atoms with Gasteiger partial charge in [0, 0.05) is 11.8 Å². The van der Waals surface area contributed by atoms with Crippen molar-refractivity contribution in [3.8, 4) is 17.0 Å². The second-order valence-electron chi connectivity index (χ2n) is 9.53. The number of hydrogen-bond donors (Lipinski definition) is 0. The zero-order valence-electron chi connectivity index (χ0n) is 20.8. The van der Waals surface area contributed by atoms with E-state index in [1.165, 1.54) is 24.8 Å². The van der Waals surface area contributed by atoms with Crippen molar-refractivity contribution in [3.05, 3.63) is 48.2 Å². The SMILES string of the molecule is CCCCCc1ccc(-c2ccc(OC[C@H]3CC[C@H](OC(=O)[C@@H](F)CCCC)CC3)cc2)nc1. The number of hydrogen-bond acceptors (Lipinski definition) is 4. The topological polar surface area (TPSA) is 48.4 Å². The number of pyridine rings is 1. The lowest BCUT2D eigenvalue weighted by Crippen LogP contribution is -2.30. The molecule has 1 fully saturated rings. The lowest BCUT2D eigenvalue weighted by molar-refractivity contribution is -0.157. The van der Waals surface area contributed by atoms with Crippen LogP contribution in [0.3, 0.4) is 0 Å². The van der Waals surface area contributed by atoms with E-state index in [1.807, 2.05) is 25.3 Å². The molecule has 0 saturated heterocycles. The smallest absolute Gasteiger partial charge is 0.340 e. The van der Waals surface area contributed by atoms with Gasteiger partial charge in [0.2, 0.25) is 0 Å². The summed E-state index contributed by atoms with van der Waals surface area (Å²) in [7, 11) is 0. The van der Waals surface area contributed by atoms with Gasteiger partial charge in [-0.05, 0) is 86.8 Å². The number of carbonyl (C=O) groups is 1. The van der Waals surface area contributed by atoms with Gasteiger partial charge in [-0.3, -0.25) is 4.98 Å². The molecule has 1 atom stereocenters. The first-order valence-electron chi connectivity index (χ1n) is 13.1. The van der Waals surface area contributed by atoms with E-state index in [0.29, 0.717) is 18.9 Å². The number of nitrogens with zero attached hydrogens (tertiary/aromatic N) is 1. The van der Waals surface area contributed by atoms with Gasteiger partial charge >= 0.3 is 5.97 Å². The van der Waals surface area contributed by atoms with Crippen molar-refractivity contribution in [3.63, 3.8) is 0 Å². The summed E-state index contributed by atoms with van der Waals surface area (Å²) in [4.78, 5) is 16.5. The summed E-state index contributed by atoms with van der Waals surface area (Å²) < 4.78 is 25.2. The lowest BCUT2D eigenvalue weighted by atomic mass is 9.88. The van der Waals surface area contributed by atoms with Crippen LogP contribution in [0.1, 0.15) is 83.6 Å². The Hall–Kier alpha value is -2.43. The van der Waals surface area contributed by atoms with Gasteiger partial charge in [-0.2, -0.15) is 0 Å². The van der Waals surface area contributed by atoms with Crippen molar-refractivity contribution in [2.45, 2.75) is 96.8 Å². The molecule has 0 bridgehead atoms. The van der Waals surface area contributed by atoms with Gasteiger partial charge in [0.1, 0.15) is 11.9 Å². The van der Waals surface area contributed by atoms with Gasteiger partial charge in [0.05, 0.1) is 12.3 Å². The van der Waals surface area contributed by atoms with Crippen LogP contribution in [0.4, 0.5) is 4.39 Å². The molecule has 1 heterocycles. The molecule has 0 unspecified atom stereocenters. The number of rotatable bonds is 13. The summed E-state index contributed by atoms with van der Waals surface area (Å²) >= 11 is 0. The minimum Gasteiger partial charge on any atom is -0.493 e. The van der Waals surface area contributed by atoms with E-state index >= 15 is 0 Å². The third kappa shape index (κ3) is 8.41. The Morgan fingerprint density at radius 2 is 1.74 bits per heavy atom. The molecule has 186 valence electrons. The zero-order chi connectivity index (χ0) is 24.2. The van der Waals surface area contributed by atoms with E-state index in [1.54, 1.807) is 0 Å². The van der Waals surface area contributed by atoms with Crippen molar-refractivity contribution in [2.24, 2.45) is 5.92 Å². The maximum atomic E-state index is 13.8. The molecule has 2 aromatic rings. The highest BCUT2D eigenvalue weighted by Crippen LogP contribution is 2.28. The molecule has 0 spiro atoms.